The van der Waals surface area contributed by atoms with E-state index in [1.807, 2.05) is 36.6 Å². The highest BCUT2D eigenvalue weighted by Crippen LogP contribution is 2.24. The molecule has 0 fully saturated rings. The third-order valence-corrected chi connectivity index (χ3v) is 4.68. The molecule has 0 saturated heterocycles. The summed E-state index contributed by atoms with van der Waals surface area (Å²) in [4.78, 5) is 28.4. The predicted octanol–water partition coefficient (Wildman–Crippen LogP) is 4.35. The van der Waals surface area contributed by atoms with Crippen LogP contribution in [0.1, 0.15) is 22.3 Å². The fraction of sp³-hybridized carbons (Fsp3) is 0.190. The second-order valence-electron chi connectivity index (χ2n) is 6.03. The number of ether oxygens (including phenoxy) is 1. The van der Waals surface area contributed by atoms with Crippen molar-refractivity contribution in [2.75, 3.05) is 23.8 Å². The molecule has 6 nitrogen and oxygen atoms in total. The molecule has 0 aliphatic carbocycles. The number of thiazole rings is 1. The molecule has 3 aromatic rings. The van der Waals surface area contributed by atoms with Gasteiger partial charge in [-0.15, -0.1) is 11.3 Å². The molecule has 2 aromatic carbocycles. The summed E-state index contributed by atoms with van der Waals surface area (Å²) in [5, 5.41) is 8.91. The topological polar surface area (TPSA) is 80.3 Å². The van der Waals surface area contributed by atoms with Crippen molar-refractivity contribution in [3.63, 3.8) is 0 Å². The van der Waals surface area contributed by atoms with E-state index in [-0.39, 0.29) is 18.4 Å². The largest absolute Gasteiger partial charge is 0.462 e. The molecule has 0 unspecified atom stereocenters. The lowest BCUT2D eigenvalue weighted by atomic mass is 10.1. The summed E-state index contributed by atoms with van der Waals surface area (Å²) in [7, 11) is 0. The second-order valence-corrected chi connectivity index (χ2v) is 7.09. The van der Waals surface area contributed by atoms with Gasteiger partial charge in [-0.1, -0.05) is 12.1 Å². The summed E-state index contributed by atoms with van der Waals surface area (Å²) in [5.74, 6) is -0.525. The first-order chi connectivity index (χ1) is 13.5. The number of carbonyl (C=O) groups excluding carboxylic acids is 2. The third kappa shape index (κ3) is 5.17. The summed E-state index contributed by atoms with van der Waals surface area (Å²) >= 11 is 1.59. The Labute approximate surface area is 167 Å². The van der Waals surface area contributed by atoms with Crippen LogP contribution in [0.4, 0.5) is 11.4 Å². The summed E-state index contributed by atoms with van der Waals surface area (Å²) in [6.07, 6.45) is 0. The highest BCUT2D eigenvalue weighted by Gasteiger charge is 2.08. The molecule has 0 bridgehead atoms. The molecule has 0 aliphatic heterocycles. The SMILES string of the molecule is CCOC(=O)c1ccc(NCC(=O)Nc2cccc(-c3csc(C)n3)c2)cc1. The number of aromatic nitrogens is 1. The fourth-order valence-corrected chi connectivity index (χ4v) is 3.20. The molecule has 0 aliphatic rings. The zero-order valence-corrected chi connectivity index (χ0v) is 16.5. The molecular weight excluding hydrogens is 374 g/mol. The average Bonchev–Trinajstić information content (AvgIpc) is 3.14. The van der Waals surface area contributed by atoms with E-state index < -0.39 is 0 Å². The number of amides is 1. The summed E-state index contributed by atoms with van der Waals surface area (Å²) in [6, 6.07) is 14.4. The zero-order chi connectivity index (χ0) is 19.9. The van der Waals surface area contributed by atoms with Gasteiger partial charge in [-0.2, -0.15) is 0 Å². The van der Waals surface area contributed by atoms with Crippen LogP contribution in [0.5, 0.6) is 0 Å². The maximum Gasteiger partial charge on any atom is 0.338 e. The van der Waals surface area contributed by atoms with Gasteiger partial charge in [0.25, 0.3) is 0 Å². The number of carbonyl (C=O) groups is 2. The molecule has 3 rings (SSSR count). The molecule has 1 amide bonds. The lowest BCUT2D eigenvalue weighted by Gasteiger charge is -2.09. The molecule has 0 atom stereocenters. The van der Waals surface area contributed by atoms with Crippen LogP contribution >= 0.6 is 11.3 Å². The number of hydrogen-bond donors (Lipinski definition) is 2. The highest BCUT2D eigenvalue weighted by molar-refractivity contribution is 7.09. The number of anilines is 2. The van der Waals surface area contributed by atoms with Crippen LogP contribution in [-0.2, 0) is 9.53 Å². The van der Waals surface area contributed by atoms with Gasteiger partial charge in [0.1, 0.15) is 0 Å². The molecule has 2 N–H and O–H groups in total. The zero-order valence-electron chi connectivity index (χ0n) is 15.7. The van der Waals surface area contributed by atoms with E-state index in [0.717, 1.165) is 22.0 Å². The quantitative estimate of drug-likeness (QED) is 0.582. The van der Waals surface area contributed by atoms with Crippen molar-refractivity contribution < 1.29 is 14.3 Å². The van der Waals surface area contributed by atoms with Gasteiger partial charge >= 0.3 is 5.97 Å². The van der Waals surface area contributed by atoms with Crippen LogP contribution < -0.4 is 10.6 Å². The number of hydrogen-bond acceptors (Lipinski definition) is 6. The van der Waals surface area contributed by atoms with Gasteiger partial charge in [-0.05, 0) is 50.2 Å². The van der Waals surface area contributed by atoms with Gasteiger partial charge in [0.15, 0.2) is 0 Å². The first kappa shape index (κ1) is 19.6. The predicted molar refractivity (Wildman–Crippen MR) is 112 cm³/mol. The molecule has 144 valence electrons. The normalized spacial score (nSPS) is 10.4. The Bertz CT molecular complexity index is 967. The monoisotopic (exact) mass is 395 g/mol. The average molecular weight is 395 g/mol. The first-order valence-electron chi connectivity index (χ1n) is 8.88. The molecule has 0 saturated carbocycles. The Morgan fingerprint density at radius 3 is 2.57 bits per heavy atom. The van der Waals surface area contributed by atoms with E-state index in [0.29, 0.717) is 17.9 Å². The van der Waals surface area contributed by atoms with Crippen LogP contribution in [0.15, 0.2) is 53.9 Å². The van der Waals surface area contributed by atoms with Crippen LogP contribution in [-0.4, -0.2) is 30.0 Å². The maximum absolute atomic E-state index is 12.2. The molecule has 1 heterocycles. The maximum atomic E-state index is 12.2. The van der Waals surface area contributed by atoms with Crippen LogP contribution in [0.3, 0.4) is 0 Å². The van der Waals surface area contributed by atoms with E-state index >= 15 is 0 Å². The number of rotatable bonds is 7. The standard InChI is InChI=1S/C21H21N3O3S/c1-3-27-21(26)15-7-9-17(10-8-15)22-12-20(25)24-18-6-4-5-16(11-18)19-13-28-14(2)23-19/h4-11,13,22H,3,12H2,1-2H3,(H,24,25). The van der Waals surface area contributed by atoms with E-state index in [1.165, 1.54) is 0 Å². The van der Waals surface area contributed by atoms with Crippen molar-refractivity contribution in [1.29, 1.82) is 0 Å². The van der Waals surface area contributed by atoms with Gasteiger partial charge in [0.2, 0.25) is 5.91 Å². The fourth-order valence-electron chi connectivity index (χ4n) is 2.58. The van der Waals surface area contributed by atoms with Crippen molar-refractivity contribution in [2.24, 2.45) is 0 Å². The molecule has 0 spiro atoms. The van der Waals surface area contributed by atoms with Crippen LogP contribution in [0.25, 0.3) is 11.3 Å². The number of esters is 1. The summed E-state index contributed by atoms with van der Waals surface area (Å²) in [6.45, 7) is 4.17. The lowest BCUT2D eigenvalue weighted by Crippen LogP contribution is -2.21. The Kier molecular flexibility index (Phi) is 6.39. The van der Waals surface area contributed by atoms with Gasteiger partial charge < -0.3 is 15.4 Å². The van der Waals surface area contributed by atoms with Crippen molar-refractivity contribution >= 4 is 34.6 Å². The number of nitrogens with one attached hydrogen (secondary N) is 2. The van der Waals surface area contributed by atoms with Gasteiger partial charge in [0, 0.05) is 22.3 Å². The number of aryl methyl sites for hydroxylation is 1. The van der Waals surface area contributed by atoms with Crippen molar-refractivity contribution in [1.82, 2.24) is 4.98 Å². The van der Waals surface area contributed by atoms with Crippen molar-refractivity contribution in [2.45, 2.75) is 13.8 Å². The Morgan fingerprint density at radius 2 is 1.89 bits per heavy atom. The van der Waals surface area contributed by atoms with Gasteiger partial charge in [-0.3, -0.25) is 4.79 Å². The van der Waals surface area contributed by atoms with Gasteiger partial charge in [-0.25, -0.2) is 9.78 Å². The summed E-state index contributed by atoms with van der Waals surface area (Å²) < 4.78 is 4.95. The Morgan fingerprint density at radius 1 is 1.11 bits per heavy atom. The van der Waals surface area contributed by atoms with Crippen LogP contribution in [0, 0.1) is 6.92 Å². The minimum atomic E-state index is -0.359. The minimum Gasteiger partial charge on any atom is -0.462 e. The summed E-state index contributed by atoms with van der Waals surface area (Å²) in [5.41, 5.74) is 3.80. The molecule has 28 heavy (non-hydrogen) atoms. The van der Waals surface area contributed by atoms with E-state index in [2.05, 4.69) is 15.6 Å². The van der Waals surface area contributed by atoms with Gasteiger partial charge in [0.05, 0.1) is 29.4 Å². The Hall–Kier alpha value is -3.19. The minimum absolute atomic E-state index is 0.110. The van der Waals surface area contributed by atoms with Crippen molar-refractivity contribution in [3.8, 4) is 11.3 Å². The molecule has 7 heteroatoms. The number of nitrogens with zero attached hydrogens (tertiary/aromatic N) is 1. The molecule has 1 aromatic heterocycles. The van der Waals surface area contributed by atoms with E-state index in [1.54, 1.807) is 42.5 Å². The smallest absolute Gasteiger partial charge is 0.338 e. The van der Waals surface area contributed by atoms with Crippen LogP contribution in [0.2, 0.25) is 0 Å². The lowest BCUT2D eigenvalue weighted by molar-refractivity contribution is -0.114. The number of benzene rings is 2. The molecule has 0 radical (unpaired) electrons. The molecular formula is C21H21N3O3S. The third-order valence-electron chi connectivity index (χ3n) is 3.91. The first-order valence-corrected chi connectivity index (χ1v) is 9.76. The van der Waals surface area contributed by atoms with Crippen molar-refractivity contribution in [3.05, 3.63) is 64.5 Å². The van der Waals surface area contributed by atoms with E-state index in [9.17, 15) is 9.59 Å². The van der Waals surface area contributed by atoms with E-state index in [4.69, 9.17) is 4.74 Å². The highest BCUT2D eigenvalue weighted by atomic mass is 32.1. The second kappa shape index (κ2) is 9.14. The Balaban J connectivity index is 1.55.